The fourth-order valence-electron chi connectivity index (χ4n) is 6.12. The minimum absolute atomic E-state index is 0.0951. The first-order chi connectivity index (χ1) is 29.3. The summed E-state index contributed by atoms with van der Waals surface area (Å²) in [5.41, 5.74) is 7.25. The van der Waals surface area contributed by atoms with Crippen LogP contribution in [0.15, 0.2) is 123 Å². The van der Waals surface area contributed by atoms with Crippen LogP contribution in [-0.4, -0.2) is 40.4 Å². The lowest BCUT2D eigenvalue weighted by Crippen LogP contribution is -2.43. The Morgan fingerprint density at radius 1 is 0.333 bits per heavy atom. The van der Waals surface area contributed by atoms with E-state index >= 15 is 0 Å². The zero-order chi connectivity index (χ0) is 45.8. The quantitative estimate of drug-likeness (QED) is 0.111. The molecule has 0 saturated heterocycles. The maximum absolute atomic E-state index is 6.53. The summed E-state index contributed by atoms with van der Waals surface area (Å²) in [4.78, 5) is 0. The van der Waals surface area contributed by atoms with Crippen molar-refractivity contribution >= 4 is 25.0 Å². The van der Waals surface area contributed by atoms with Gasteiger partial charge in [-0.1, -0.05) is 77.8 Å². The van der Waals surface area contributed by atoms with Crippen molar-refractivity contribution < 1.29 is 26.8 Å². The van der Waals surface area contributed by atoms with E-state index in [-0.39, 0.29) is 15.1 Å². The number of benzene rings is 4. The van der Waals surface area contributed by atoms with Crippen LogP contribution in [0, 0.1) is 0 Å². The Morgan fingerprint density at radius 2 is 0.556 bits per heavy atom. The molecular weight excluding hydrogens is 835 g/mol. The van der Waals surface area contributed by atoms with Crippen LogP contribution in [0.3, 0.4) is 0 Å². The summed E-state index contributed by atoms with van der Waals surface area (Å²) in [6.07, 6.45) is 0. The highest BCUT2D eigenvalue weighted by Crippen LogP contribution is 2.42. The molecule has 0 unspecified atom stereocenters. The molecule has 0 fully saturated rings. The lowest BCUT2D eigenvalue weighted by molar-refractivity contribution is 0.432. The molecule has 3 heterocycles. The predicted octanol–water partition coefficient (Wildman–Crippen LogP) is 15.8. The summed E-state index contributed by atoms with van der Waals surface area (Å²) in [7, 11) is -5.95. The Kier molecular flexibility index (Phi) is 12.0. The van der Waals surface area contributed by atoms with E-state index < -0.39 is 25.0 Å². The van der Waals surface area contributed by atoms with Crippen molar-refractivity contribution in [3.63, 3.8) is 0 Å². The van der Waals surface area contributed by atoms with E-state index in [4.69, 9.17) is 26.8 Å². The van der Waals surface area contributed by atoms with E-state index in [1.54, 1.807) is 0 Å². The van der Waals surface area contributed by atoms with Gasteiger partial charge in [-0.25, -0.2) is 0 Å². The van der Waals surface area contributed by atoms with Gasteiger partial charge in [0.2, 0.25) is 25.0 Å². The van der Waals surface area contributed by atoms with Crippen LogP contribution in [0.25, 0.3) is 67.7 Å². The van der Waals surface area contributed by atoms with Gasteiger partial charge < -0.3 is 26.8 Å². The molecule has 0 spiro atoms. The first-order valence-corrected chi connectivity index (χ1v) is 30.5. The molecular formula is C51H63N3O6Si3. The number of hydrogen-bond acceptors (Lipinski definition) is 9. The van der Waals surface area contributed by atoms with E-state index in [1.165, 1.54) is 0 Å². The average Bonchev–Trinajstić information content (AvgIpc) is 4.00. The molecule has 12 heteroatoms. The van der Waals surface area contributed by atoms with Crippen LogP contribution in [-0.2, 0) is 0 Å². The summed E-state index contributed by atoms with van der Waals surface area (Å²) in [6.45, 7) is 33.6. The van der Waals surface area contributed by atoms with E-state index in [0.717, 1.165) is 50.6 Å². The Balaban J connectivity index is 1.20. The van der Waals surface area contributed by atoms with Crippen LogP contribution >= 0.6 is 0 Å². The smallest absolute Gasteiger partial charge is 0.250 e. The van der Waals surface area contributed by atoms with E-state index in [0.29, 0.717) is 34.4 Å². The Labute approximate surface area is 376 Å². The molecule has 4 aromatic carbocycles. The van der Waals surface area contributed by atoms with E-state index in [1.807, 2.05) is 109 Å². The first-order valence-electron chi connectivity index (χ1n) is 21.7. The summed E-state index contributed by atoms with van der Waals surface area (Å²) in [6, 6.07) is 36.1. The van der Waals surface area contributed by atoms with Crippen molar-refractivity contribution in [3.05, 3.63) is 109 Å². The third-order valence-corrected chi connectivity index (χ3v) is 26.4. The highest BCUT2D eigenvalue weighted by Gasteiger charge is 2.40. The second-order valence-corrected chi connectivity index (χ2v) is 35.4. The van der Waals surface area contributed by atoms with Crippen molar-refractivity contribution in [1.29, 1.82) is 0 Å². The third-order valence-electron chi connectivity index (χ3n) is 13.3. The molecule has 0 aliphatic heterocycles. The fourth-order valence-corrected chi connectivity index (χ4v) is 9.22. The summed E-state index contributed by atoms with van der Waals surface area (Å²) >= 11 is 0. The van der Waals surface area contributed by atoms with Crippen LogP contribution in [0.4, 0.5) is 0 Å². The van der Waals surface area contributed by atoms with Gasteiger partial charge >= 0.3 is 0 Å². The van der Waals surface area contributed by atoms with Crippen molar-refractivity contribution in [3.8, 4) is 85.0 Å². The molecule has 0 atom stereocenters. The minimum Gasteiger partial charge on any atom is -0.544 e. The molecule has 0 aliphatic rings. The molecule has 3 aromatic heterocycles. The number of aromatic nitrogens is 3. The number of rotatable bonds is 12. The molecule has 330 valence electrons. The molecule has 0 bridgehead atoms. The first kappa shape index (κ1) is 45.6. The molecule has 63 heavy (non-hydrogen) atoms. The SMILES string of the molecule is CC(C)(C)[Si](C)(C)Oc1ccc(-c2cc(-c3cc(-c4cc(-c5ccc(O[Si](C)(C)C(C)(C)C)cc5)no4)cc(-c4cc(-c5ccc(O[Si](C)(C)C(C)(C)C)cc5)no4)c3)on2)cc1. The van der Waals surface area contributed by atoms with Crippen molar-refractivity contribution in [2.75, 3.05) is 0 Å². The predicted molar refractivity (Wildman–Crippen MR) is 263 cm³/mol. The largest absolute Gasteiger partial charge is 0.544 e. The topological polar surface area (TPSA) is 106 Å². The lowest BCUT2D eigenvalue weighted by atomic mass is 9.99. The molecule has 0 saturated carbocycles. The summed E-state index contributed by atoms with van der Waals surface area (Å²) < 4.78 is 37.7. The van der Waals surface area contributed by atoms with Gasteiger partial charge in [-0.3, -0.25) is 0 Å². The number of nitrogens with zero attached hydrogens (tertiary/aromatic N) is 3. The molecule has 0 amide bonds. The van der Waals surface area contributed by atoms with Gasteiger partial charge in [0.25, 0.3) is 0 Å². The van der Waals surface area contributed by atoms with Gasteiger partial charge in [0.15, 0.2) is 17.3 Å². The van der Waals surface area contributed by atoms with Gasteiger partial charge in [-0.2, -0.15) is 0 Å². The van der Waals surface area contributed by atoms with Crippen LogP contribution in [0.5, 0.6) is 17.2 Å². The van der Waals surface area contributed by atoms with Gasteiger partial charge in [0.05, 0.1) is 0 Å². The van der Waals surface area contributed by atoms with Gasteiger partial charge in [0.1, 0.15) is 34.3 Å². The molecule has 0 N–H and O–H groups in total. The molecule has 9 nitrogen and oxygen atoms in total. The standard InChI is InChI=1S/C51H63N3O6Si3/c1-49(2,3)61(10,11)58-40-22-16-34(17-23-40)43-31-46(55-52-43)37-28-38(47-32-44(53-56-47)35-18-24-41(25-19-35)59-62(12,13)50(4,5)6)30-39(29-37)48-33-45(54-57-48)36-20-26-42(27-21-36)60-63(14,15)51(7,8)9/h16-33H,1-15H3. The van der Waals surface area contributed by atoms with Crippen LogP contribution in [0.1, 0.15) is 62.3 Å². The fraction of sp³-hybridized carbons (Fsp3) is 0.353. The van der Waals surface area contributed by atoms with E-state index in [9.17, 15) is 0 Å². The molecule has 7 aromatic rings. The highest BCUT2D eigenvalue weighted by molar-refractivity contribution is 6.75. The van der Waals surface area contributed by atoms with E-state index in [2.05, 4.69) is 117 Å². The summed E-state index contributed by atoms with van der Waals surface area (Å²) in [5.74, 6) is 4.33. The second-order valence-electron chi connectivity index (χ2n) is 21.2. The van der Waals surface area contributed by atoms with Crippen LogP contribution in [0.2, 0.25) is 54.4 Å². The Bertz CT molecular complexity index is 2370. The average molecular weight is 898 g/mol. The maximum atomic E-state index is 6.53. The highest BCUT2D eigenvalue weighted by atomic mass is 28.4. The van der Waals surface area contributed by atoms with Crippen molar-refractivity contribution in [2.24, 2.45) is 0 Å². The van der Waals surface area contributed by atoms with Gasteiger partial charge in [-0.15, -0.1) is 0 Å². The zero-order valence-corrected chi connectivity index (χ0v) is 42.7. The Hall–Kier alpha value is -5.44. The molecule has 7 rings (SSSR count). The minimum atomic E-state index is -1.98. The lowest BCUT2D eigenvalue weighted by Gasteiger charge is -2.36. The molecule has 0 radical (unpaired) electrons. The molecule has 0 aliphatic carbocycles. The normalized spacial score (nSPS) is 13.0. The summed E-state index contributed by atoms with van der Waals surface area (Å²) in [5, 5.41) is 13.8. The third kappa shape index (κ3) is 10.0. The maximum Gasteiger partial charge on any atom is 0.250 e. The van der Waals surface area contributed by atoms with Crippen LogP contribution < -0.4 is 13.3 Å². The van der Waals surface area contributed by atoms with Crippen molar-refractivity contribution in [1.82, 2.24) is 15.5 Å². The second kappa shape index (κ2) is 16.6. The van der Waals surface area contributed by atoms with Crippen molar-refractivity contribution in [2.45, 2.75) is 117 Å². The van der Waals surface area contributed by atoms with Gasteiger partial charge in [0, 0.05) is 51.6 Å². The van der Waals surface area contributed by atoms with Gasteiger partial charge in [-0.05, 0) is 145 Å². The Morgan fingerprint density at radius 3 is 0.762 bits per heavy atom. The zero-order valence-electron chi connectivity index (χ0n) is 39.7. The monoisotopic (exact) mass is 897 g/mol. The number of hydrogen-bond donors (Lipinski definition) is 0.